The Morgan fingerprint density at radius 2 is 1.24 bits per heavy atom. The number of nitrogens with zero attached hydrogens (tertiary/aromatic N) is 2. The molecule has 176 valence electrons. The maximum absolute atomic E-state index is 13.4. The maximum atomic E-state index is 13.4. The van der Waals surface area contributed by atoms with Crippen LogP contribution in [0.3, 0.4) is 0 Å². The standard InChI is InChI=1S/C29H33N3O2/c1-29(2,3)28(34)30-25-17-11-10-16-24(25)27(33)32-20-18-31(19-21-32)26(22-12-6-4-7-13-22)23-14-8-5-9-15-23/h4-17,26H,18-21H2,1-3H3,(H,30,34). The summed E-state index contributed by atoms with van der Waals surface area (Å²) in [5, 5.41) is 2.94. The van der Waals surface area contributed by atoms with Gasteiger partial charge in [0.2, 0.25) is 5.91 Å². The molecule has 3 aromatic carbocycles. The molecule has 0 aromatic heterocycles. The number of hydrogen-bond donors (Lipinski definition) is 1. The highest BCUT2D eigenvalue weighted by molar-refractivity contribution is 6.04. The summed E-state index contributed by atoms with van der Waals surface area (Å²) in [4.78, 5) is 30.3. The van der Waals surface area contributed by atoms with Crippen LogP contribution in [-0.4, -0.2) is 47.8 Å². The van der Waals surface area contributed by atoms with Crippen LogP contribution in [0.5, 0.6) is 0 Å². The number of anilines is 1. The Hall–Kier alpha value is -3.44. The molecule has 1 aliphatic rings. The first-order valence-electron chi connectivity index (χ1n) is 11.9. The minimum Gasteiger partial charge on any atom is -0.336 e. The second-order valence-corrected chi connectivity index (χ2v) is 9.80. The molecule has 1 heterocycles. The molecule has 5 heteroatoms. The fourth-order valence-corrected chi connectivity index (χ4v) is 4.33. The SMILES string of the molecule is CC(C)(C)C(=O)Nc1ccccc1C(=O)N1CCN(C(c2ccccc2)c2ccccc2)CC1. The van der Waals surface area contributed by atoms with Crippen LogP contribution in [0.25, 0.3) is 0 Å². The third-order valence-corrected chi connectivity index (χ3v) is 6.28. The lowest BCUT2D eigenvalue weighted by Gasteiger charge is -2.40. The molecule has 1 saturated heterocycles. The smallest absolute Gasteiger partial charge is 0.256 e. The molecule has 0 unspecified atom stereocenters. The largest absolute Gasteiger partial charge is 0.336 e. The number of rotatable bonds is 5. The van der Waals surface area contributed by atoms with Gasteiger partial charge in [0.1, 0.15) is 0 Å². The molecule has 1 N–H and O–H groups in total. The van der Waals surface area contributed by atoms with E-state index in [9.17, 15) is 9.59 Å². The number of carbonyl (C=O) groups excluding carboxylic acids is 2. The van der Waals surface area contributed by atoms with E-state index in [2.05, 4.69) is 58.7 Å². The Balaban J connectivity index is 1.50. The van der Waals surface area contributed by atoms with E-state index in [0.29, 0.717) is 24.3 Å². The van der Waals surface area contributed by atoms with Gasteiger partial charge < -0.3 is 10.2 Å². The van der Waals surface area contributed by atoms with Crippen LogP contribution in [0, 0.1) is 5.41 Å². The zero-order chi connectivity index (χ0) is 24.1. The third-order valence-electron chi connectivity index (χ3n) is 6.28. The van der Waals surface area contributed by atoms with Gasteiger partial charge >= 0.3 is 0 Å². The predicted octanol–water partition coefficient (Wildman–Crippen LogP) is 5.22. The molecule has 0 bridgehead atoms. The van der Waals surface area contributed by atoms with Gasteiger partial charge in [-0.1, -0.05) is 93.6 Å². The molecule has 3 aromatic rings. The highest BCUT2D eigenvalue weighted by atomic mass is 16.2. The summed E-state index contributed by atoms with van der Waals surface area (Å²) in [5.74, 6) is -0.147. The van der Waals surface area contributed by atoms with E-state index in [0.717, 1.165) is 13.1 Å². The van der Waals surface area contributed by atoms with Crippen molar-refractivity contribution in [3.05, 3.63) is 102 Å². The molecule has 34 heavy (non-hydrogen) atoms. The van der Waals surface area contributed by atoms with E-state index in [-0.39, 0.29) is 17.9 Å². The van der Waals surface area contributed by atoms with E-state index >= 15 is 0 Å². The van der Waals surface area contributed by atoms with E-state index in [1.165, 1.54) is 11.1 Å². The van der Waals surface area contributed by atoms with Crippen molar-refractivity contribution in [3.63, 3.8) is 0 Å². The first kappa shape index (κ1) is 23.7. The highest BCUT2D eigenvalue weighted by Gasteiger charge is 2.30. The van der Waals surface area contributed by atoms with Gasteiger partial charge in [0, 0.05) is 31.6 Å². The summed E-state index contributed by atoms with van der Waals surface area (Å²) < 4.78 is 0. The number of piperazine rings is 1. The quantitative estimate of drug-likeness (QED) is 0.574. The van der Waals surface area contributed by atoms with Crippen LogP contribution in [0.2, 0.25) is 0 Å². The van der Waals surface area contributed by atoms with Crippen LogP contribution in [0.15, 0.2) is 84.9 Å². The number of carbonyl (C=O) groups is 2. The van der Waals surface area contributed by atoms with Crippen LogP contribution < -0.4 is 5.32 Å². The molecule has 5 nitrogen and oxygen atoms in total. The van der Waals surface area contributed by atoms with Gasteiger partial charge in [-0.3, -0.25) is 14.5 Å². The Labute approximate surface area is 202 Å². The first-order valence-corrected chi connectivity index (χ1v) is 11.9. The number of hydrogen-bond acceptors (Lipinski definition) is 3. The minimum atomic E-state index is -0.536. The molecule has 4 rings (SSSR count). The Morgan fingerprint density at radius 1 is 0.735 bits per heavy atom. The van der Waals surface area contributed by atoms with E-state index in [1.54, 1.807) is 12.1 Å². The van der Waals surface area contributed by atoms with E-state index in [1.807, 2.05) is 49.9 Å². The normalized spacial score (nSPS) is 14.8. The number of amides is 2. The lowest BCUT2D eigenvalue weighted by atomic mass is 9.95. The lowest BCUT2D eigenvalue weighted by Crippen LogP contribution is -2.50. The predicted molar refractivity (Wildman–Crippen MR) is 137 cm³/mol. The molecule has 0 aliphatic carbocycles. The summed E-state index contributed by atoms with van der Waals surface area (Å²) in [6, 6.07) is 28.5. The van der Waals surface area contributed by atoms with Gasteiger partial charge in [0.15, 0.2) is 0 Å². The summed E-state index contributed by atoms with van der Waals surface area (Å²) in [7, 11) is 0. The average molecular weight is 456 g/mol. The molecule has 1 fully saturated rings. The van der Waals surface area contributed by atoms with Gasteiger partial charge in [-0.2, -0.15) is 0 Å². The van der Waals surface area contributed by atoms with Gasteiger partial charge in [0.05, 0.1) is 17.3 Å². The Bertz CT molecular complexity index is 1080. The van der Waals surface area contributed by atoms with Crippen molar-refractivity contribution in [3.8, 4) is 0 Å². The number of benzene rings is 3. The lowest BCUT2D eigenvalue weighted by molar-refractivity contribution is -0.123. The van der Waals surface area contributed by atoms with Crippen molar-refractivity contribution < 1.29 is 9.59 Å². The highest BCUT2D eigenvalue weighted by Crippen LogP contribution is 2.30. The summed E-state index contributed by atoms with van der Waals surface area (Å²) >= 11 is 0. The Kier molecular flexibility index (Phi) is 7.13. The van der Waals surface area contributed by atoms with Crippen molar-refractivity contribution in [1.29, 1.82) is 0 Å². The monoisotopic (exact) mass is 455 g/mol. The fraction of sp³-hybridized carbons (Fsp3) is 0.310. The second kappa shape index (κ2) is 10.2. The molecule has 1 aliphatic heterocycles. The molecule has 0 radical (unpaired) electrons. The Morgan fingerprint density at radius 3 is 1.76 bits per heavy atom. The first-order chi connectivity index (χ1) is 16.3. The summed E-state index contributed by atoms with van der Waals surface area (Å²) in [5.41, 5.74) is 3.08. The molecule has 0 atom stereocenters. The molecular weight excluding hydrogens is 422 g/mol. The van der Waals surface area contributed by atoms with Crippen LogP contribution >= 0.6 is 0 Å². The van der Waals surface area contributed by atoms with Gasteiger partial charge in [-0.05, 0) is 23.3 Å². The molecular formula is C29H33N3O2. The van der Waals surface area contributed by atoms with Crippen molar-refractivity contribution in [2.24, 2.45) is 5.41 Å². The number of nitrogens with one attached hydrogen (secondary N) is 1. The van der Waals surface area contributed by atoms with Gasteiger partial charge in [-0.25, -0.2) is 0 Å². The third kappa shape index (κ3) is 5.37. The molecule has 2 amide bonds. The topological polar surface area (TPSA) is 52.7 Å². The van der Waals surface area contributed by atoms with Gasteiger partial charge in [0.25, 0.3) is 5.91 Å². The average Bonchev–Trinajstić information content (AvgIpc) is 2.85. The van der Waals surface area contributed by atoms with Crippen molar-refractivity contribution in [2.75, 3.05) is 31.5 Å². The van der Waals surface area contributed by atoms with Crippen LogP contribution in [0.4, 0.5) is 5.69 Å². The van der Waals surface area contributed by atoms with Crippen molar-refractivity contribution in [1.82, 2.24) is 9.80 Å². The molecule has 0 saturated carbocycles. The fourth-order valence-electron chi connectivity index (χ4n) is 4.33. The number of para-hydroxylation sites is 1. The van der Waals surface area contributed by atoms with Gasteiger partial charge in [-0.15, -0.1) is 0 Å². The second-order valence-electron chi connectivity index (χ2n) is 9.80. The van der Waals surface area contributed by atoms with E-state index < -0.39 is 5.41 Å². The zero-order valence-corrected chi connectivity index (χ0v) is 20.2. The van der Waals surface area contributed by atoms with Crippen molar-refractivity contribution in [2.45, 2.75) is 26.8 Å². The maximum Gasteiger partial charge on any atom is 0.256 e. The summed E-state index contributed by atoms with van der Waals surface area (Å²) in [6.07, 6.45) is 0. The summed E-state index contributed by atoms with van der Waals surface area (Å²) in [6.45, 7) is 8.41. The molecule has 0 spiro atoms. The van der Waals surface area contributed by atoms with Crippen LogP contribution in [-0.2, 0) is 4.79 Å². The van der Waals surface area contributed by atoms with Crippen LogP contribution in [0.1, 0.15) is 48.3 Å². The van der Waals surface area contributed by atoms with Crippen molar-refractivity contribution >= 4 is 17.5 Å². The zero-order valence-electron chi connectivity index (χ0n) is 20.2. The van der Waals surface area contributed by atoms with E-state index in [4.69, 9.17) is 0 Å². The minimum absolute atomic E-state index is 0.0413.